The van der Waals surface area contributed by atoms with Gasteiger partial charge in [-0.25, -0.2) is 4.79 Å². The predicted molar refractivity (Wildman–Crippen MR) is 130 cm³/mol. The lowest BCUT2D eigenvalue weighted by molar-refractivity contribution is -0.243. The molecule has 0 rings (SSSR count). The Bertz CT molecular complexity index is 660. The fourth-order valence-corrected chi connectivity index (χ4v) is 5.53. The molecule has 0 fully saturated rings. The van der Waals surface area contributed by atoms with Crippen molar-refractivity contribution in [1.82, 2.24) is 0 Å². The summed E-state index contributed by atoms with van der Waals surface area (Å²) in [6.07, 6.45) is 4.66. The highest BCUT2D eigenvalue weighted by molar-refractivity contribution is 6.06. The van der Waals surface area contributed by atoms with Crippen LogP contribution in [0.5, 0.6) is 0 Å². The van der Waals surface area contributed by atoms with E-state index in [2.05, 4.69) is 0 Å². The van der Waals surface area contributed by atoms with E-state index in [1.807, 2.05) is 20.8 Å². The molecule has 5 unspecified atom stereocenters. The van der Waals surface area contributed by atoms with Crippen molar-refractivity contribution in [1.29, 1.82) is 0 Å². The minimum atomic E-state index is -2.77. The van der Waals surface area contributed by atoms with Gasteiger partial charge in [-0.05, 0) is 44.9 Å². The number of ether oxygens (including phenoxy) is 1. The number of carbonyl (C=O) groups excluding carboxylic acids is 1. The maximum absolute atomic E-state index is 13.3. The summed E-state index contributed by atoms with van der Waals surface area (Å²) in [6, 6.07) is 0. The highest BCUT2D eigenvalue weighted by Crippen LogP contribution is 2.55. The van der Waals surface area contributed by atoms with Crippen molar-refractivity contribution < 1.29 is 39.2 Å². The van der Waals surface area contributed by atoms with Gasteiger partial charge in [0.05, 0.1) is 6.10 Å². The van der Waals surface area contributed by atoms with Crippen LogP contribution in [0.3, 0.4) is 0 Å². The van der Waals surface area contributed by atoms with Crippen molar-refractivity contribution in [3.63, 3.8) is 0 Å². The van der Waals surface area contributed by atoms with E-state index in [4.69, 9.17) is 4.74 Å². The summed E-state index contributed by atoms with van der Waals surface area (Å²) in [4.78, 5) is 51.7. The Morgan fingerprint density at radius 2 is 1.15 bits per heavy atom. The Hall–Kier alpha value is -1.96. The molecule has 8 nitrogen and oxygen atoms in total. The number of aliphatic carboxylic acids is 3. The van der Waals surface area contributed by atoms with Crippen LogP contribution in [0.4, 0.5) is 0 Å². The quantitative estimate of drug-likeness (QED) is 0.206. The maximum atomic E-state index is 13.3. The minimum absolute atomic E-state index is 0.366. The standard InChI is InChI=1S/C26H46O8/c1-8-11-14-17(4)25(23(30)31,18(5)15-12-9-2)26(24(32)33,21(20(7)27)22(28)29)34-19(6)16-13-10-3/h17-19,21H,8-16H2,1-7H3,(H,28,29)(H,30,31)(H,32,33). The van der Waals surface area contributed by atoms with E-state index in [0.29, 0.717) is 38.5 Å². The van der Waals surface area contributed by atoms with E-state index in [9.17, 15) is 34.5 Å². The number of ketones is 1. The SMILES string of the molecule is CCCCC(C)OC(C(=O)O)(C(C(C)=O)C(=O)O)C(C(=O)O)(C(C)CCCC)C(C)CCCC. The second kappa shape index (κ2) is 14.4. The first-order valence-corrected chi connectivity index (χ1v) is 12.7. The van der Waals surface area contributed by atoms with E-state index >= 15 is 0 Å². The smallest absolute Gasteiger partial charge is 0.338 e. The first kappa shape index (κ1) is 32.0. The lowest BCUT2D eigenvalue weighted by Gasteiger charge is -2.53. The number of rotatable bonds is 19. The number of hydrogen-bond acceptors (Lipinski definition) is 5. The van der Waals surface area contributed by atoms with Crippen molar-refractivity contribution >= 4 is 23.7 Å². The maximum Gasteiger partial charge on any atom is 0.338 e. The molecule has 0 heterocycles. The monoisotopic (exact) mass is 486 g/mol. The Kier molecular flexibility index (Phi) is 13.6. The summed E-state index contributed by atoms with van der Waals surface area (Å²) in [5.41, 5.74) is -4.91. The van der Waals surface area contributed by atoms with Gasteiger partial charge in [0.1, 0.15) is 11.2 Å². The third-order valence-corrected chi connectivity index (χ3v) is 7.23. The predicted octanol–water partition coefficient (Wildman–Crippen LogP) is 5.42. The van der Waals surface area contributed by atoms with Crippen LogP contribution >= 0.6 is 0 Å². The molecule has 0 saturated carbocycles. The van der Waals surface area contributed by atoms with Crippen molar-refractivity contribution in [2.75, 3.05) is 0 Å². The highest BCUT2D eigenvalue weighted by Gasteiger charge is 2.73. The van der Waals surface area contributed by atoms with Gasteiger partial charge < -0.3 is 20.1 Å². The zero-order chi connectivity index (χ0) is 26.7. The first-order chi connectivity index (χ1) is 15.8. The molecule has 0 aliphatic carbocycles. The molecule has 0 amide bonds. The lowest BCUT2D eigenvalue weighted by atomic mass is 9.52. The van der Waals surface area contributed by atoms with Gasteiger partial charge in [-0.2, -0.15) is 0 Å². The lowest BCUT2D eigenvalue weighted by Crippen LogP contribution is -2.71. The van der Waals surface area contributed by atoms with Gasteiger partial charge in [0, 0.05) is 0 Å². The Morgan fingerprint density at radius 3 is 1.44 bits per heavy atom. The third-order valence-electron chi connectivity index (χ3n) is 7.23. The van der Waals surface area contributed by atoms with Crippen LogP contribution in [-0.2, 0) is 23.9 Å². The molecular formula is C26H46O8. The molecule has 0 spiro atoms. The Labute approximate surface area is 204 Å². The van der Waals surface area contributed by atoms with Crippen LogP contribution < -0.4 is 0 Å². The van der Waals surface area contributed by atoms with E-state index < -0.39 is 58.6 Å². The van der Waals surface area contributed by atoms with Crippen molar-refractivity contribution in [3.05, 3.63) is 0 Å². The van der Waals surface area contributed by atoms with E-state index in [1.54, 1.807) is 20.8 Å². The normalized spacial score (nSPS) is 18.7. The zero-order valence-electron chi connectivity index (χ0n) is 22.1. The van der Waals surface area contributed by atoms with Gasteiger partial charge in [-0.15, -0.1) is 0 Å². The molecule has 0 aliphatic heterocycles. The van der Waals surface area contributed by atoms with Gasteiger partial charge in [0.25, 0.3) is 0 Å². The van der Waals surface area contributed by atoms with Crippen molar-refractivity contribution in [3.8, 4) is 0 Å². The number of hydrogen-bond donors (Lipinski definition) is 3. The molecule has 0 aromatic carbocycles. The van der Waals surface area contributed by atoms with Crippen LogP contribution in [0.15, 0.2) is 0 Å². The summed E-state index contributed by atoms with van der Waals surface area (Å²) >= 11 is 0. The third kappa shape index (κ3) is 6.58. The molecule has 0 aromatic heterocycles. The molecule has 0 aliphatic rings. The van der Waals surface area contributed by atoms with Crippen LogP contribution in [0.25, 0.3) is 0 Å². The van der Waals surface area contributed by atoms with E-state index in [1.165, 1.54) is 0 Å². The van der Waals surface area contributed by atoms with Gasteiger partial charge in [-0.1, -0.05) is 73.1 Å². The van der Waals surface area contributed by atoms with Crippen LogP contribution in [0.1, 0.15) is 106 Å². The van der Waals surface area contributed by atoms with Crippen molar-refractivity contribution in [2.45, 2.75) is 118 Å². The second-order valence-corrected chi connectivity index (χ2v) is 9.75. The van der Waals surface area contributed by atoms with Crippen LogP contribution in [0.2, 0.25) is 0 Å². The largest absolute Gasteiger partial charge is 0.481 e. The van der Waals surface area contributed by atoms with Gasteiger partial charge >= 0.3 is 17.9 Å². The Morgan fingerprint density at radius 1 is 0.735 bits per heavy atom. The summed E-state index contributed by atoms with van der Waals surface area (Å²) in [6.45, 7) is 11.8. The average Bonchev–Trinajstić information content (AvgIpc) is 2.73. The van der Waals surface area contributed by atoms with E-state index in [0.717, 1.165) is 26.2 Å². The number of carboxylic acid groups (broad SMARTS) is 3. The number of carboxylic acids is 3. The molecule has 5 atom stereocenters. The molecule has 198 valence electrons. The van der Waals surface area contributed by atoms with Crippen LogP contribution in [-0.4, -0.2) is 50.7 Å². The average molecular weight is 487 g/mol. The molecule has 8 heteroatoms. The van der Waals surface area contributed by atoms with Gasteiger partial charge in [0.15, 0.2) is 5.92 Å². The summed E-state index contributed by atoms with van der Waals surface area (Å²) in [5, 5.41) is 31.6. The Balaban J connectivity index is 7.57. The first-order valence-electron chi connectivity index (χ1n) is 12.7. The molecule has 3 N–H and O–H groups in total. The van der Waals surface area contributed by atoms with E-state index in [-0.39, 0.29) is 0 Å². The zero-order valence-corrected chi connectivity index (χ0v) is 22.1. The fraction of sp³-hybridized carbons (Fsp3) is 0.846. The fourth-order valence-electron chi connectivity index (χ4n) is 5.53. The van der Waals surface area contributed by atoms with Gasteiger partial charge in [-0.3, -0.25) is 14.4 Å². The summed E-state index contributed by atoms with van der Waals surface area (Å²) in [5.74, 6) is -9.45. The summed E-state index contributed by atoms with van der Waals surface area (Å²) in [7, 11) is 0. The number of unbranched alkanes of at least 4 members (excludes halogenated alkanes) is 3. The number of carbonyl (C=O) groups is 4. The summed E-state index contributed by atoms with van der Waals surface area (Å²) < 4.78 is 6.13. The molecule has 0 bridgehead atoms. The second-order valence-electron chi connectivity index (χ2n) is 9.75. The topological polar surface area (TPSA) is 138 Å². The minimum Gasteiger partial charge on any atom is -0.481 e. The van der Waals surface area contributed by atoms with Crippen LogP contribution in [0, 0.1) is 23.2 Å². The molecule has 0 radical (unpaired) electrons. The highest BCUT2D eigenvalue weighted by atomic mass is 16.5. The molecule has 0 aromatic rings. The number of Topliss-reactive ketones (excluding diaryl/α,β-unsaturated/α-hetero) is 1. The molecule has 34 heavy (non-hydrogen) atoms. The van der Waals surface area contributed by atoms with Gasteiger partial charge in [0.2, 0.25) is 5.60 Å². The van der Waals surface area contributed by atoms with Crippen molar-refractivity contribution in [2.24, 2.45) is 23.2 Å². The molecular weight excluding hydrogens is 440 g/mol. The molecule has 0 saturated heterocycles.